The SMILES string of the molecule is Cc1ccc(Cl)cc1N1CCN(C(=O)[C@@H]2CCCN(S(=O)(=O)CCCc3ccccc3)C2)CC1. The van der Waals surface area contributed by atoms with Gasteiger partial charge in [-0.25, -0.2) is 12.7 Å². The lowest BCUT2D eigenvalue weighted by Crippen LogP contribution is -2.53. The number of nitrogens with zero attached hydrogens (tertiary/aromatic N) is 3. The van der Waals surface area contributed by atoms with Crippen LogP contribution < -0.4 is 4.90 Å². The first-order valence-corrected chi connectivity index (χ1v) is 14.1. The van der Waals surface area contributed by atoms with E-state index in [4.69, 9.17) is 11.6 Å². The zero-order valence-corrected chi connectivity index (χ0v) is 21.4. The van der Waals surface area contributed by atoms with Gasteiger partial charge >= 0.3 is 0 Å². The highest BCUT2D eigenvalue weighted by Gasteiger charge is 2.35. The molecule has 1 amide bonds. The van der Waals surface area contributed by atoms with E-state index >= 15 is 0 Å². The Morgan fingerprint density at radius 2 is 1.76 bits per heavy atom. The van der Waals surface area contributed by atoms with Gasteiger partial charge in [0.15, 0.2) is 0 Å². The quantitative estimate of drug-likeness (QED) is 0.573. The van der Waals surface area contributed by atoms with Crippen LogP contribution in [-0.2, 0) is 21.2 Å². The average Bonchev–Trinajstić information content (AvgIpc) is 2.86. The van der Waals surface area contributed by atoms with Gasteiger partial charge in [0.1, 0.15) is 0 Å². The molecule has 2 aromatic rings. The maximum Gasteiger partial charge on any atom is 0.227 e. The van der Waals surface area contributed by atoms with Crippen LogP contribution in [0.5, 0.6) is 0 Å². The molecular formula is C26H34ClN3O3S. The van der Waals surface area contributed by atoms with E-state index in [1.165, 1.54) is 5.56 Å². The molecule has 2 aliphatic heterocycles. The van der Waals surface area contributed by atoms with Gasteiger partial charge in [0, 0.05) is 50.0 Å². The highest BCUT2D eigenvalue weighted by atomic mass is 35.5. The summed E-state index contributed by atoms with van der Waals surface area (Å²) in [6.07, 6.45) is 2.82. The van der Waals surface area contributed by atoms with E-state index in [9.17, 15) is 13.2 Å². The molecule has 2 aliphatic rings. The normalized spacial score (nSPS) is 19.9. The van der Waals surface area contributed by atoms with Crippen molar-refractivity contribution in [3.63, 3.8) is 0 Å². The van der Waals surface area contributed by atoms with Gasteiger partial charge in [0.2, 0.25) is 15.9 Å². The van der Waals surface area contributed by atoms with Crippen molar-refractivity contribution in [3.05, 3.63) is 64.7 Å². The molecule has 0 spiro atoms. The smallest absolute Gasteiger partial charge is 0.227 e. The van der Waals surface area contributed by atoms with Crippen molar-refractivity contribution in [1.29, 1.82) is 0 Å². The van der Waals surface area contributed by atoms with Crippen molar-refractivity contribution in [2.24, 2.45) is 5.92 Å². The van der Waals surface area contributed by atoms with Gasteiger partial charge in [-0.15, -0.1) is 0 Å². The van der Waals surface area contributed by atoms with E-state index < -0.39 is 10.0 Å². The number of carbonyl (C=O) groups excluding carboxylic acids is 1. The molecule has 0 radical (unpaired) electrons. The Hall–Kier alpha value is -2.09. The minimum Gasteiger partial charge on any atom is -0.368 e. The molecule has 2 heterocycles. The molecule has 8 heteroatoms. The first kappa shape index (κ1) is 25.0. The zero-order chi connectivity index (χ0) is 24.1. The van der Waals surface area contributed by atoms with Crippen LogP contribution in [-0.4, -0.2) is 68.6 Å². The summed E-state index contributed by atoms with van der Waals surface area (Å²) in [4.78, 5) is 17.4. The molecule has 0 saturated carbocycles. The Balaban J connectivity index is 1.29. The van der Waals surface area contributed by atoms with E-state index in [0.717, 1.165) is 43.6 Å². The largest absolute Gasteiger partial charge is 0.368 e. The van der Waals surface area contributed by atoms with E-state index in [1.54, 1.807) is 4.31 Å². The number of amides is 1. The van der Waals surface area contributed by atoms with Gasteiger partial charge in [-0.1, -0.05) is 48.0 Å². The van der Waals surface area contributed by atoms with Gasteiger partial charge in [-0.2, -0.15) is 0 Å². The van der Waals surface area contributed by atoms with Crippen LogP contribution in [0.2, 0.25) is 5.02 Å². The molecule has 0 aliphatic carbocycles. The lowest BCUT2D eigenvalue weighted by Gasteiger charge is -2.40. The third kappa shape index (κ3) is 6.12. The minimum absolute atomic E-state index is 0.0895. The van der Waals surface area contributed by atoms with Crippen molar-refractivity contribution in [1.82, 2.24) is 9.21 Å². The molecule has 2 aromatic carbocycles. The molecule has 2 fully saturated rings. The van der Waals surface area contributed by atoms with E-state index in [1.807, 2.05) is 53.4 Å². The monoisotopic (exact) mass is 503 g/mol. The van der Waals surface area contributed by atoms with Crippen molar-refractivity contribution >= 4 is 33.2 Å². The molecule has 4 rings (SSSR count). The summed E-state index contributed by atoms with van der Waals surface area (Å²) in [7, 11) is -3.36. The Bertz CT molecular complexity index is 1090. The molecule has 2 saturated heterocycles. The summed E-state index contributed by atoms with van der Waals surface area (Å²) in [5.41, 5.74) is 3.44. The standard InChI is InChI=1S/C26H34ClN3O3S/c1-21-11-12-24(27)19-25(21)28-14-16-29(17-15-28)26(31)23-10-5-13-30(20-23)34(32,33)18-6-9-22-7-3-2-4-8-22/h2-4,7-8,11-12,19,23H,5-6,9-10,13-18,20H2,1H3/t23-/m1/s1. The fourth-order valence-corrected chi connectivity index (χ4v) is 6.73. The highest BCUT2D eigenvalue weighted by molar-refractivity contribution is 7.89. The number of piperazine rings is 1. The number of aryl methyl sites for hydroxylation is 2. The number of anilines is 1. The Labute approximate surface area is 208 Å². The maximum absolute atomic E-state index is 13.3. The van der Waals surface area contributed by atoms with Crippen molar-refractivity contribution in [2.45, 2.75) is 32.6 Å². The van der Waals surface area contributed by atoms with Gasteiger partial charge in [-0.3, -0.25) is 4.79 Å². The van der Waals surface area contributed by atoms with Gasteiger partial charge in [0.25, 0.3) is 0 Å². The number of halogens is 1. The summed E-state index contributed by atoms with van der Waals surface area (Å²) in [6, 6.07) is 15.8. The second kappa shape index (κ2) is 11.1. The van der Waals surface area contributed by atoms with Crippen LogP contribution in [0.25, 0.3) is 0 Å². The summed E-state index contributed by atoms with van der Waals surface area (Å²) in [6.45, 7) is 5.68. The average molecular weight is 504 g/mol. The molecule has 34 heavy (non-hydrogen) atoms. The maximum atomic E-state index is 13.3. The van der Waals surface area contributed by atoms with Crippen LogP contribution in [0.4, 0.5) is 5.69 Å². The van der Waals surface area contributed by atoms with Gasteiger partial charge in [0.05, 0.1) is 11.7 Å². The summed E-state index contributed by atoms with van der Waals surface area (Å²) in [5, 5.41) is 0.714. The number of piperidine rings is 1. The van der Waals surface area contributed by atoms with Crippen molar-refractivity contribution in [2.75, 3.05) is 49.9 Å². The van der Waals surface area contributed by atoms with Crippen molar-refractivity contribution in [3.8, 4) is 0 Å². The van der Waals surface area contributed by atoms with E-state index in [-0.39, 0.29) is 17.6 Å². The molecule has 0 aromatic heterocycles. The number of benzene rings is 2. The van der Waals surface area contributed by atoms with E-state index in [0.29, 0.717) is 37.6 Å². The topological polar surface area (TPSA) is 60.9 Å². The first-order valence-electron chi connectivity index (χ1n) is 12.1. The fraction of sp³-hybridized carbons (Fsp3) is 0.500. The van der Waals surface area contributed by atoms with Crippen LogP contribution in [0.15, 0.2) is 48.5 Å². The highest BCUT2D eigenvalue weighted by Crippen LogP contribution is 2.27. The number of carbonyl (C=O) groups is 1. The number of hydrogen-bond donors (Lipinski definition) is 0. The lowest BCUT2D eigenvalue weighted by atomic mass is 9.97. The molecule has 0 unspecified atom stereocenters. The van der Waals surface area contributed by atoms with Gasteiger partial charge < -0.3 is 9.80 Å². The van der Waals surface area contributed by atoms with Crippen molar-refractivity contribution < 1.29 is 13.2 Å². The van der Waals surface area contributed by atoms with Gasteiger partial charge in [-0.05, 0) is 55.9 Å². The minimum atomic E-state index is -3.36. The molecule has 6 nitrogen and oxygen atoms in total. The Morgan fingerprint density at radius 1 is 1.03 bits per heavy atom. The molecule has 0 N–H and O–H groups in total. The number of sulfonamides is 1. The van der Waals surface area contributed by atoms with Crippen LogP contribution in [0.1, 0.15) is 30.4 Å². The Kier molecular flexibility index (Phi) is 8.17. The van der Waals surface area contributed by atoms with Crippen LogP contribution in [0, 0.1) is 12.8 Å². The lowest BCUT2D eigenvalue weighted by molar-refractivity contribution is -0.137. The summed E-state index contributed by atoms with van der Waals surface area (Å²) < 4.78 is 27.5. The molecular weight excluding hydrogens is 470 g/mol. The number of hydrogen-bond acceptors (Lipinski definition) is 4. The second-order valence-corrected chi connectivity index (χ2v) is 11.9. The molecule has 184 valence electrons. The second-order valence-electron chi connectivity index (χ2n) is 9.35. The zero-order valence-electron chi connectivity index (χ0n) is 19.8. The molecule has 0 bridgehead atoms. The molecule has 1 atom stereocenters. The summed E-state index contributed by atoms with van der Waals surface area (Å²) >= 11 is 6.19. The third-order valence-electron chi connectivity index (χ3n) is 6.94. The fourth-order valence-electron chi connectivity index (χ4n) is 4.98. The number of rotatable bonds is 7. The third-order valence-corrected chi connectivity index (χ3v) is 9.10. The predicted molar refractivity (Wildman–Crippen MR) is 138 cm³/mol. The first-order chi connectivity index (χ1) is 16.3. The van der Waals surface area contributed by atoms with E-state index in [2.05, 4.69) is 11.8 Å². The Morgan fingerprint density at radius 3 is 2.50 bits per heavy atom. The van der Waals surface area contributed by atoms with Crippen LogP contribution in [0.3, 0.4) is 0 Å². The predicted octanol–water partition coefficient (Wildman–Crippen LogP) is 3.97. The van der Waals surface area contributed by atoms with Crippen LogP contribution >= 0.6 is 11.6 Å². The summed E-state index contributed by atoms with van der Waals surface area (Å²) in [5.74, 6) is -0.0377.